The average Bonchev–Trinajstić information content (AvgIpc) is 3.39. The van der Waals surface area contributed by atoms with E-state index in [1.807, 2.05) is 0 Å². The molecule has 0 bridgehead atoms. The summed E-state index contributed by atoms with van der Waals surface area (Å²) >= 11 is 0. The van der Waals surface area contributed by atoms with Gasteiger partial charge in [-0.15, -0.1) is 0 Å². The van der Waals surface area contributed by atoms with E-state index < -0.39 is 31.4 Å². The van der Waals surface area contributed by atoms with Crippen molar-refractivity contribution in [3.8, 4) is 16.9 Å². The van der Waals surface area contributed by atoms with Crippen molar-refractivity contribution >= 4 is 11.5 Å². The number of fused-ring (bicyclic) bond motifs is 1. The third kappa shape index (κ3) is 4.51. The summed E-state index contributed by atoms with van der Waals surface area (Å²) in [7, 11) is 0. The Hall–Kier alpha value is -3.63. The zero-order valence-electron chi connectivity index (χ0n) is 16.7. The first-order valence-corrected chi connectivity index (χ1v) is 9.59. The number of rotatable bonds is 8. The van der Waals surface area contributed by atoms with E-state index in [4.69, 9.17) is 4.74 Å². The molecule has 0 aliphatic heterocycles. The zero-order valence-corrected chi connectivity index (χ0v) is 16.7. The van der Waals surface area contributed by atoms with Crippen molar-refractivity contribution in [2.75, 3.05) is 11.9 Å². The lowest BCUT2D eigenvalue weighted by atomic mass is 10.1. The van der Waals surface area contributed by atoms with Crippen LogP contribution in [0.5, 0.6) is 5.75 Å². The van der Waals surface area contributed by atoms with E-state index in [1.54, 1.807) is 19.2 Å². The van der Waals surface area contributed by atoms with E-state index >= 15 is 0 Å². The minimum absolute atomic E-state index is 0.131. The van der Waals surface area contributed by atoms with Gasteiger partial charge < -0.3 is 10.1 Å². The normalized spacial score (nSPS) is 12.6. The SMILES string of the molecule is CC(Nc1ccn2ncc(-c3ccn(C(F)F)c3)c2n1)c1cc(F)ccc1OCC(F)F. The summed E-state index contributed by atoms with van der Waals surface area (Å²) in [6, 6.07) is 6.25. The van der Waals surface area contributed by atoms with Gasteiger partial charge in [0.2, 0.25) is 0 Å². The highest BCUT2D eigenvalue weighted by Gasteiger charge is 2.17. The fourth-order valence-electron chi connectivity index (χ4n) is 3.29. The molecule has 4 aromatic rings. The van der Waals surface area contributed by atoms with Gasteiger partial charge in [0.1, 0.15) is 24.0 Å². The molecular weight excluding hydrogens is 433 g/mol. The number of benzene rings is 1. The highest BCUT2D eigenvalue weighted by molar-refractivity contribution is 5.77. The number of anilines is 1. The van der Waals surface area contributed by atoms with Gasteiger partial charge in [0.25, 0.3) is 6.43 Å². The van der Waals surface area contributed by atoms with Crippen molar-refractivity contribution in [2.45, 2.75) is 25.9 Å². The summed E-state index contributed by atoms with van der Waals surface area (Å²) in [6.07, 6.45) is 3.04. The first-order valence-electron chi connectivity index (χ1n) is 9.59. The number of hydrogen-bond acceptors (Lipinski definition) is 4. The van der Waals surface area contributed by atoms with Crippen LogP contribution < -0.4 is 10.1 Å². The Kier molecular flexibility index (Phi) is 5.97. The summed E-state index contributed by atoms with van der Waals surface area (Å²) in [5.74, 6) is -0.0154. The summed E-state index contributed by atoms with van der Waals surface area (Å²) in [6.45, 7) is -1.77. The van der Waals surface area contributed by atoms with Crippen LogP contribution in [-0.4, -0.2) is 32.2 Å². The van der Waals surface area contributed by atoms with Gasteiger partial charge in [-0.3, -0.25) is 4.57 Å². The van der Waals surface area contributed by atoms with Crippen LogP contribution in [0.25, 0.3) is 16.8 Å². The molecular formula is C21H18F5N5O. The van der Waals surface area contributed by atoms with Crippen molar-refractivity contribution in [2.24, 2.45) is 0 Å². The maximum atomic E-state index is 13.8. The van der Waals surface area contributed by atoms with Gasteiger partial charge in [0.15, 0.2) is 5.65 Å². The van der Waals surface area contributed by atoms with Crippen LogP contribution in [0.4, 0.5) is 27.8 Å². The molecule has 0 saturated carbocycles. The molecule has 0 saturated heterocycles. The molecule has 1 atom stereocenters. The Balaban J connectivity index is 1.61. The number of hydrogen-bond donors (Lipinski definition) is 1. The van der Waals surface area contributed by atoms with Crippen LogP contribution in [0.3, 0.4) is 0 Å². The van der Waals surface area contributed by atoms with Gasteiger partial charge in [-0.05, 0) is 37.3 Å². The Morgan fingerprint density at radius 3 is 2.62 bits per heavy atom. The first kappa shape index (κ1) is 21.6. The second-order valence-electron chi connectivity index (χ2n) is 7.01. The number of ether oxygens (including phenoxy) is 1. The largest absolute Gasteiger partial charge is 0.487 e. The molecule has 3 heterocycles. The van der Waals surface area contributed by atoms with E-state index in [0.717, 1.165) is 10.6 Å². The highest BCUT2D eigenvalue weighted by atomic mass is 19.3. The summed E-state index contributed by atoms with van der Waals surface area (Å²) in [5.41, 5.74) is 1.83. The van der Waals surface area contributed by atoms with E-state index in [2.05, 4.69) is 15.4 Å². The van der Waals surface area contributed by atoms with Crippen molar-refractivity contribution in [3.05, 3.63) is 66.5 Å². The Morgan fingerprint density at radius 1 is 1.09 bits per heavy atom. The van der Waals surface area contributed by atoms with Crippen LogP contribution in [0.15, 0.2) is 55.1 Å². The zero-order chi connectivity index (χ0) is 22.8. The second-order valence-corrected chi connectivity index (χ2v) is 7.01. The monoisotopic (exact) mass is 451 g/mol. The summed E-state index contributed by atoms with van der Waals surface area (Å²) in [4.78, 5) is 4.50. The number of alkyl halides is 4. The molecule has 6 nitrogen and oxygen atoms in total. The summed E-state index contributed by atoms with van der Waals surface area (Å²) in [5, 5.41) is 7.27. The number of aromatic nitrogens is 4. The first-order chi connectivity index (χ1) is 15.3. The molecule has 0 fully saturated rings. The van der Waals surface area contributed by atoms with Gasteiger partial charge in [-0.1, -0.05) is 0 Å². The molecule has 0 aliphatic rings. The van der Waals surface area contributed by atoms with Crippen LogP contribution in [0.1, 0.15) is 25.1 Å². The van der Waals surface area contributed by atoms with Crippen LogP contribution in [0.2, 0.25) is 0 Å². The Labute approximate surface area is 179 Å². The molecule has 0 aliphatic carbocycles. The van der Waals surface area contributed by atoms with Crippen LogP contribution >= 0.6 is 0 Å². The van der Waals surface area contributed by atoms with Crippen molar-refractivity contribution < 1.29 is 26.7 Å². The third-order valence-electron chi connectivity index (χ3n) is 4.79. The fourth-order valence-corrected chi connectivity index (χ4v) is 3.29. The minimum atomic E-state index is -2.67. The number of nitrogens with zero attached hydrogens (tertiary/aromatic N) is 4. The molecule has 0 spiro atoms. The predicted molar refractivity (Wildman–Crippen MR) is 108 cm³/mol. The second kappa shape index (κ2) is 8.85. The van der Waals surface area contributed by atoms with E-state index in [0.29, 0.717) is 28.2 Å². The smallest absolute Gasteiger partial charge is 0.318 e. The maximum Gasteiger partial charge on any atom is 0.318 e. The quantitative estimate of drug-likeness (QED) is 0.357. The molecule has 3 aromatic heterocycles. The Morgan fingerprint density at radius 2 is 1.91 bits per heavy atom. The van der Waals surface area contributed by atoms with Gasteiger partial charge >= 0.3 is 6.55 Å². The topological polar surface area (TPSA) is 56.4 Å². The van der Waals surface area contributed by atoms with Gasteiger partial charge in [-0.2, -0.15) is 13.9 Å². The van der Waals surface area contributed by atoms with Gasteiger partial charge in [-0.25, -0.2) is 22.7 Å². The standard InChI is InChI=1S/C21H18F5N5O/c1-12(15-8-14(22)2-3-17(15)32-11-18(23)24)28-19-5-7-31-20(29-19)16(9-27-31)13-4-6-30(10-13)21(25)26/h2-10,12,18,21H,11H2,1H3,(H,28,29). The molecule has 1 aromatic carbocycles. The molecule has 168 valence electrons. The lowest BCUT2D eigenvalue weighted by molar-refractivity contribution is 0.0707. The van der Waals surface area contributed by atoms with Crippen LogP contribution in [-0.2, 0) is 0 Å². The molecule has 0 radical (unpaired) electrons. The lowest BCUT2D eigenvalue weighted by Crippen LogP contribution is -2.13. The highest BCUT2D eigenvalue weighted by Crippen LogP contribution is 2.30. The minimum Gasteiger partial charge on any atom is -0.487 e. The van der Waals surface area contributed by atoms with Crippen LogP contribution in [0, 0.1) is 5.82 Å². The molecule has 0 amide bonds. The predicted octanol–water partition coefficient (Wildman–Crippen LogP) is 5.55. The van der Waals surface area contributed by atoms with Crippen molar-refractivity contribution in [1.82, 2.24) is 19.2 Å². The van der Waals surface area contributed by atoms with Gasteiger partial charge in [0, 0.05) is 35.3 Å². The Bertz CT molecular complexity index is 1220. The molecule has 1 unspecified atom stereocenters. The molecule has 11 heteroatoms. The average molecular weight is 451 g/mol. The molecule has 32 heavy (non-hydrogen) atoms. The van der Waals surface area contributed by atoms with E-state index in [1.165, 1.54) is 41.3 Å². The third-order valence-corrected chi connectivity index (χ3v) is 4.79. The maximum absolute atomic E-state index is 13.8. The molecule has 1 N–H and O–H groups in total. The van der Waals surface area contributed by atoms with E-state index in [9.17, 15) is 22.0 Å². The fraction of sp³-hybridized carbons (Fsp3) is 0.238. The lowest BCUT2D eigenvalue weighted by Gasteiger charge is -2.19. The van der Waals surface area contributed by atoms with Crippen molar-refractivity contribution in [1.29, 1.82) is 0 Å². The number of halogens is 5. The van der Waals surface area contributed by atoms with E-state index in [-0.39, 0.29) is 5.75 Å². The molecule has 4 rings (SSSR count). The number of nitrogens with one attached hydrogen (secondary N) is 1. The van der Waals surface area contributed by atoms with Gasteiger partial charge in [0.05, 0.1) is 12.2 Å². The van der Waals surface area contributed by atoms with Crippen molar-refractivity contribution in [3.63, 3.8) is 0 Å². The summed E-state index contributed by atoms with van der Waals surface area (Å²) < 4.78 is 72.1.